The van der Waals surface area contributed by atoms with E-state index in [0.29, 0.717) is 0 Å². The van der Waals surface area contributed by atoms with E-state index in [0.717, 1.165) is 14.2 Å². The van der Waals surface area contributed by atoms with Crippen molar-refractivity contribution in [1.82, 2.24) is 5.32 Å². The van der Waals surface area contributed by atoms with Crippen LogP contribution in [0.4, 0.5) is 5.69 Å². The van der Waals surface area contributed by atoms with Crippen LogP contribution in [-0.2, 0) is 19.1 Å². The van der Waals surface area contributed by atoms with E-state index in [9.17, 15) is 14.4 Å². The highest BCUT2D eigenvalue weighted by molar-refractivity contribution is 6.40. The second-order valence-corrected chi connectivity index (χ2v) is 4.94. The Kier molecular flexibility index (Phi) is 6.45. The minimum Gasteiger partial charge on any atom is -0.469 e. The van der Waals surface area contributed by atoms with E-state index in [-0.39, 0.29) is 27.7 Å². The third-order valence-electron chi connectivity index (χ3n) is 2.76. The largest absolute Gasteiger partial charge is 0.469 e. The molecule has 9 heteroatoms. The number of ether oxygens (including phenoxy) is 2. The maximum absolute atomic E-state index is 12.2. The molecule has 0 saturated heterocycles. The summed E-state index contributed by atoms with van der Waals surface area (Å²) in [5.74, 6) is -2.18. The van der Waals surface area contributed by atoms with Gasteiger partial charge >= 0.3 is 11.9 Å². The van der Waals surface area contributed by atoms with Crippen molar-refractivity contribution in [3.63, 3.8) is 0 Å². The number of nitrogens with one attached hydrogen (secondary N) is 1. The number of amides is 1. The van der Waals surface area contributed by atoms with Gasteiger partial charge in [-0.2, -0.15) is 0 Å². The number of hydrogen-bond donors (Lipinski definition) is 2. The maximum Gasteiger partial charge on any atom is 0.328 e. The van der Waals surface area contributed by atoms with Gasteiger partial charge in [0.25, 0.3) is 5.91 Å². The van der Waals surface area contributed by atoms with Crippen molar-refractivity contribution in [2.45, 2.75) is 12.5 Å². The van der Waals surface area contributed by atoms with E-state index in [1.54, 1.807) is 0 Å². The Morgan fingerprint density at radius 1 is 1.23 bits per heavy atom. The Balaban J connectivity index is 2.98. The molecule has 22 heavy (non-hydrogen) atoms. The minimum absolute atomic E-state index is 0.0161. The molecule has 1 rings (SSSR count). The van der Waals surface area contributed by atoms with E-state index in [2.05, 4.69) is 14.8 Å². The summed E-state index contributed by atoms with van der Waals surface area (Å²) in [7, 11) is 2.29. The Hall–Kier alpha value is -1.99. The molecule has 0 radical (unpaired) electrons. The predicted octanol–water partition coefficient (Wildman–Crippen LogP) is 1.41. The number of carbonyl (C=O) groups excluding carboxylic acids is 3. The average molecular weight is 349 g/mol. The molecule has 1 aromatic carbocycles. The first-order valence-electron chi connectivity index (χ1n) is 6.00. The molecule has 0 fully saturated rings. The van der Waals surface area contributed by atoms with Crippen molar-refractivity contribution in [3.05, 3.63) is 27.7 Å². The van der Waals surface area contributed by atoms with Crippen molar-refractivity contribution in [1.29, 1.82) is 0 Å². The quantitative estimate of drug-likeness (QED) is 0.615. The number of rotatable bonds is 5. The zero-order valence-electron chi connectivity index (χ0n) is 11.8. The fourth-order valence-corrected chi connectivity index (χ4v) is 2.02. The molecule has 0 heterocycles. The van der Waals surface area contributed by atoms with Gasteiger partial charge in [0.05, 0.1) is 41.9 Å². The SMILES string of the molecule is COC(=O)CC(NC(=O)c1ccc(Cl)c(N)c1Cl)C(=O)OC. The van der Waals surface area contributed by atoms with E-state index >= 15 is 0 Å². The second kappa shape index (κ2) is 7.86. The Morgan fingerprint density at radius 3 is 2.41 bits per heavy atom. The highest BCUT2D eigenvalue weighted by Gasteiger charge is 2.26. The Bertz CT molecular complexity index is 606. The third-order valence-corrected chi connectivity index (χ3v) is 3.50. The normalized spacial score (nSPS) is 11.5. The summed E-state index contributed by atoms with van der Waals surface area (Å²) in [6.07, 6.45) is -0.379. The molecule has 0 aliphatic rings. The van der Waals surface area contributed by atoms with Crippen LogP contribution < -0.4 is 11.1 Å². The fourth-order valence-electron chi connectivity index (χ4n) is 1.57. The summed E-state index contributed by atoms with van der Waals surface area (Å²) in [4.78, 5) is 35.1. The molecule has 0 aliphatic carbocycles. The summed E-state index contributed by atoms with van der Waals surface area (Å²) >= 11 is 11.7. The van der Waals surface area contributed by atoms with Crippen LogP contribution in [0.25, 0.3) is 0 Å². The lowest BCUT2D eigenvalue weighted by Crippen LogP contribution is -2.43. The van der Waals surface area contributed by atoms with Crippen molar-refractivity contribution >= 4 is 46.7 Å². The van der Waals surface area contributed by atoms with E-state index in [1.165, 1.54) is 12.1 Å². The second-order valence-electron chi connectivity index (χ2n) is 4.15. The molecule has 1 atom stereocenters. The van der Waals surface area contributed by atoms with Crippen LogP contribution in [0.2, 0.25) is 10.0 Å². The number of nitrogen functional groups attached to an aromatic ring is 1. The fraction of sp³-hybridized carbons (Fsp3) is 0.308. The number of halogens is 2. The van der Waals surface area contributed by atoms with Crippen LogP contribution in [0.5, 0.6) is 0 Å². The first-order valence-corrected chi connectivity index (χ1v) is 6.76. The van der Waals surface area contributed by atoms with Crippen molar-refractivity contribution < 1.29 is 23.9 Å². The maximum atomic E-state index is 12.2. The molecule has 1 amide bonds. The molecule has 3 N–H and O–H groups in total. The van der Waals surface area contributed by atoms with Crippen LogP contribution in [-0.4, -0.2) is 38.1 Å². The zero-order valence-corrected chi connectivity index (χ0v) is 13.3. The summed E-state index contributed by atoms with van der Waals surface area (Å²) < 4.78 is 8.99. The van der Waals surface area contributed by atoms with E-state index < -0.39 is 23.9 Å². The molecule has 0 spiro atoms. The molecule has 120 valence electrons. The Labute approximate surface area is 136 Å². The molecule has 7 nitrogen and oxygen atoms in total. The van der Waals surface area contributed by atoms with Gasteiger partial charge in [0.2, 0.25) is 0 Å². The average Bonchev–Trinajstić information content (AvgIpc) is 2.50. The van der Waals surface area contributed by atoms with Crippen LogP contribution in [0.15, 0.2) is 12.1 Å². The van der Waals surface area contributed by atoms with E-state index in [1.807, 2.05) is 0 Å². The number of anilines is 1. The molecule has 0 bridgehead atoms. The highest BCUT2D eigenvalue weighted by atomic mass is 35.5. The number of nitrogens with two attached hydrogens (primary N) is 1. The lowest BCUT2D eigenvalue weighted by Gasteiger charge is -2.16. The van der Waals surface area contributed by atoms with Gasteiger partial charge < -0.3 is 20.5 Å². The minimum atomic E-state index is -1.21. The molecular weight excluding hydrogens is 335 g/mol. The van der Waals surface area contributed by atoms with Crippen molar-refractivity contribution in [2.24, 2.45) is 0 Å². The summed E-state index contributed by atoms with van der Waals surface area (Å²) in [5, 5.41) is 2.49. The van der Waals surface area contributed by atoms with Gasteiger partial charge in [0, 0.05) is 0 Å². The predicted molar refractivity (Wildman–Crippen MR) is 80.8 cm³/mol. The van der Waals surface area contributed by atoms with Crippen LogP contribution in [0.1, 0.15) is 16.8 Å². The van der Waals surface area contributed by atoms with Gasteiger partial charge in [-0.1, -0.05) is 23.2 Å². The summed E-state index contributed by atoms with van der Waals surface area (Å²) in [6, 6.07) is 1.53. The topological polar surface area (TPSA) is 108 Å². The molecule has 1 aromatic rings. The van der Waals surface area contributed by atoms with E-state index in [4.69, 9.17) is 28.9 Å². The molecule has 0 aromatic heterocycles. The molecule has 1 unspecified atom stereocenters. The number of methoxy groups -OCH3 is 2. The first kappa shape index (κ1) is 18.1. The van der Waals surface area contributed by atoms with Gasteiger partial charge in [-0.05, 0) is 12.1 Å². The zero-order chi connectivity index (χ0) is 16.9. The number of hydrogen-bond acceptors (Lipinski definition) is 6. The van der Waals surface area contributed by atoms with Crippen molar-refractivity contribution in [3.8, 4) is 0 Å². The number of esters is 2. The molecule has 0 aliphatic heterocycles. The molecular formula is C13H14Cl2N2O5. The Morgan fingerprint density at radius 2 is 1.86 bits per heavy atom. The summed E-state index contributed by atoms with van der Waals surface area (Å²) in [6.45, 7) is 0. The number of carbonyl (C=O) groups is 3. The lowest BCUT2D eigenvalue weighted by atomic mass is 10.1. The third kappa shape index (κ3) is 4.25. The first-order chi connectivity index (χ1) is 10.3. The molecule has 0 saturated carbocycles. The highest BCUT2D eigenvalue weighted by Crippen LogP contribution is 2.30. The van der Waals surface area contributed by atoms with Gasteiger partial charge in [0.1, 0.15) is 6.04 Å². The lowest BCUT2D eigenvalue weighted by molar-refractivity contribution is -0.149. The van der Waals surface area contributed by atoms with Gasteiger partial charge in [0.15, 0.2) is 0 Å². The van der Waals surface area contributed by atoms with Crippen LogP contribution in [0, 0.1) is 0 Å². The van der Waals surface area contributed by atoms with Gasteiger partial charge in [-0.15, -0.1) is 0 Å². The van der Waals surface area contributed by atoms with Gasteiger partial charge in [-0.3, -0.25) is 9.59 Å². The standard InChI is InChI=1S/C13H14Cl2N2O5/c1-21-9(18)5-8(13(20)22-2)17-12(19)6-3-4-7(14)11(16)10(6)15/h3-4,8H,5,16H2,1-2H3,(H,17,19). The van der Waals surface area contributed by atoms with Crippen molar-refractivity contribution in [2.75, 3.05) is 20.0 Å². The summed E-state index contributed by atoms with van der Waals surface area (Å²) in [5.41, 5.74) is 5.69. The number of benzene rings is 1. The monoisotopic (exact) mass is 348 g/mol. The van der Waals surface area contributed by atoms with Gasteiger partial charge in [-0.25, -0.2) is 4.79 Å². The smallest absolute Gasteiger partial charge is 0.328 e. The van der Waals surface area contributed by atoms with Crippen LogP contribution >= 0.6 is 23.2 Å². The van der Waals surface area contributed by atoms with Crippen LogP contribution in [0.3, 0.4) is 0 Å².